The Hall–Kier alpha value is -0.376. The maximum atomic E-state index is 13.4. The Labute approximate surface area is 131 Å². The van der Waals surface area contributed by atoms with Crippen molar-refractivity contribution in [3.63, 3.8) is 0 Å². The van der Waals surface area contributed by atoms with Crippen molar-refractivity contribution in [2.45, 2.75) is 25.7 Å². The van der Waals surface area contributed by atoms with Gasteiger partial charge in [-0.1, -0.05) is 12.1 Å². The van der Waals surface area contributed by atoms with Gasteiger partial charge >= 0.3 is 18.9 Å². The predicted octanol–water partition coefficient (Wildman–Crippen LogP) is 1.63. The molecule has 0 bridgehead atoms. The van der Waals surface area contributed by atoms with Crippen molar-refractivity contribution in [1.82, 2.24) is 0 Å². The summed E-state index contributed by atoms with van der Waals surface area (Å²) in [6, 6.07) is 11.6. The molecule has 5 heteroatoms. The average molecular weight is 286 g/mol. The summed E-state index contributed by atoms with van der Waals surface area (Å²) in [7, 11) is -1.71. The Kier molecular flexibility index (Phi) is 6.03. The third-order valence-corrected chi connectivity index (χ3v) is 4.17. The first-order valence-electron chi connectivity index (χ1n) is 5.83. The molecule has 1 unspecified atom stereocenters. The summed E-state index contributed by atoms with van der Waals surface area (Å²) in [6.07, 6.45) is -0.177. The monoisotopic (exact) mass is 286 g/mol. The van der Waals surface area contributed by atoms with Crippen LogP contribution >= 0.6 is 11.3 Å². The average Bonchev–Trinajstić information content (AvgIpc) is 2.78. The van der Waals surface area contributed by atoms with E-state index in [1.54, 1.807) is 23.5 Å². The Bertz CT molecular complexity index is 510. The fraction of sp³-hybridized carbons (Fsp3) is 0.286. The van der Waals surface area contributed by atoms with Crippen LogP contribution in [0, 0.1) is 11.9 Å². The van der Waals surface area contributed by atoms with Crippen molar-refractivity contribution < 1.29 is 27.7 Å². The van der Waals surface area contributed by atoms with E-state index in [0.717, 1.165) is 10.4 Å². The molecular weight excluding hydrogens is 270 g/mol. The summed E-state index contributed by atoms with van der Waals surface area (Å²) in [5, 5.41) is 1.90. The fourth-order valence-electron chi connectivity index (χ4n) is 1.70. The first-order chi connectivity index (χ1) is 8.46. The van der Waals surface area contributed by atoms with Gasteiger partial charge in [0.2, 0.25) is 0 Å². The minimum atomic E-state index is -1.71. The van der Waals surface area contributed by atoms with Crippen molar-refractivity contribution in [1.29, 1.82) is 0 Å². The van der Waals surface area contributed by atoms with E-state index in [1.165, 1.54) is 6.07 Å². The summed E-state index contributed by atoms with van der Waals surface area (Å²) in [5.41, 5.74) is 0.869. The molecule has 0 N–H and O–H groups in total. The second kappa shape index (κ2) is 6.87. The van der Waals surface area contributed by atoms with Crippen LogP contribution in [0.5, 0.6) is 0 Å². The molecule has 0 amide bonds. The van der Waals surface area contributed by atoms with Crippen molar-refractivity contribution in [3.05, 3.63) is 58.0 Å². The van der Waals surface area contributed by atoms with Gasteiger partial charge in [-0.15, -0.1) is 10.3 Å². The number of rotatable bonds is 4. The van der Waals surface area contributed by atoms with Crippen LogP contribution in [0.3, 0.4) is 0 Å². The summed E-state index contributed by atoms with van der Waals surface area (Å²) >= 11 is 1.59. The number of hydrogen-bond acceptors (Lipinski definition) is 2. The van der Waals surface area contributed by atoms with E-state index in [-0.39, 0.29) is 30.8 Å². The second-order valence-electron chi connectivity index (χ2n) is 5.11. The first-order valence-corrected chi connectivity index (χ1v) is 10.1. The van der Waals surface area contributed by atoms with Gasteiger partial charge in [0.1, 0.15) is 5.82 Å². The van der Waals surface area contributed by atoms with Gasteiger partial charge in [-0.2, -0.15) is 0 Å². The molecule has 0 aliphatic carbocycles. The van der Waals surface area contributed by atoms with Crippen LogP contribution in [0.1, 0.15) is 16.5 Å². The van der Waals surface area contributed by atoms with Crippen molar-refractivity contribution in [3.8, 4) is 0 Å². The number of hydrogen-bond donors (Lipinski definition) is 0. The summed E-state index contributed by atoms with van der Waals surface area (Å²) < 4.78 is 19.5. The van der Waals surface area contributed by atoms with Gasteiger partial charge in [-0.25, -0.2) is 16.5 Å². The van der Waals surface area contributed by atoms with Crippen LogP contribution in [0.15, 0.2) is 35.7 Å². The molecule has 1 nitrogen and oxygen atoms in total. The molecule has 1 heterocycles. The van der Waals surface area contributed by atoms with E-state index in [4.69, 9.17) is 4.43 Å². The Morgan fingerprint density at radius 1 is 1.32 bits per heavy atom. The van der Waals surface area contributed by atoms with E-state index in [0.29, 0.717) is 0 Å². The van der Waals surface area contributed by atoms with E-state index < -0.39 is 8.32 Å². The van der Waals surface area contributed by atoms with Crippen LogP contribution in [0.2, 0.25) is 19.6 Å². The predicted molar refractivity (Wildman–Crippen MR) is 75.8 cm³/mol. The van der Waals surface area contributed by atoms with Gasteiger partial charge in [0.25, 0.3) is 0 Å². The standard InChI is InChI=1S/C14H16FOSSi.Li/c1-18(2,3)16-14(13-8-5-9-17-13)11-6-4-7-12(15)10-11;/h4,6-10,14H,1-3H3;/q-1;+1. The summed E-state index contributed by atoms with van der Waals surface area (Å²) in [6.45, 7) is 6.41. The van der Waals surface area contributed by atoms with Gasteiger partial charge < -0.3 is 4.43 Å². The molecule has 0 saturated carbocycles. The van der Waals surface area contributed by atoms with Crippen LogP contribution in [-0.2, 0) is 4.43 Å². The molecule has 2 aromatic rings. The molecule has 0 saturated heterocycles. The minimum Gasteiger partial charge on any atom is -0.422 e. The van der Waals surface area contributed by atoms with Crippen molar-refractivity contribution in [2.24, 2.45) is 0 Å². The third-order valence-electron chi connectivity index (χ3n) is 2.37. The zero-order valence-corrected chi connectivity index (χ0v) is 13.6. The molecule has 19 heavy (non-hydrogen) atoms. The van der Waals surface area contributed by atoms with Crippen molar-refractivity contribution >= 4 is 19.7 Å². The van der Waals surface area contributed by atoms with E-state index in [1.807, 2.05) is 17.5 Å². The van der Waals surface area contributed by atoms with Gasteiger partial charge in [-0.3, -0.25) is 11.3 Å². The molecule has 0 aliphatic heterocycles. The molecule has 0 fully saturated rings. The quantitative estimate of drug-likeness (QED) is 0.613. The van der Waals surface area contributed by atoms with Crippen LogP contribution in [0.25, 0.3) is 0 Å². The Balaban J connectivity index is 0.00000180. The molecule has 0 spiro atoms. The Morgan fingerprint density at radius 3 is 2.58 bits per heavy atom. The largest absolute Gasteiger partial charge is 1.00 e. The van der Waals surface area contributed by atoms with E-state index >= 15 is 0 Å². The topological polar surface area (TPSA) is 9.23 Å². The summed E-state index contributed by atoms with van der Waals surface area (Å²) in [5.74, 6) is -0.225. The van der Waals surface area contributed by atoms with Gasteiger partial charge in [0, 0.05) is 6.10 Å². The van der Waals surface area contributed by atoms with Crippen LogP contribution < -0.4 is 18.9 Å². The smallest absolute Gasteiger partial charge is 0.422 e. The van der Waals surface area contributed by atoms with Gasteiger partial charge in [-0.05, 0) is 37.3 Å². The van der Waals surface area contributed by atoms with Crippen LogP contribution in [-0.4, -0.2) is 8.32 Å². The molecule has 1 aromatic carbocycles. The van der Waals surface area contributed by atoms with Crippen molar-refractivity contribution in [2.75, 3.05) is 0 Å². The molecule has 96 valence electrons. The zero-order valence-electron chi connectivity index (χ0n) is 11.7. The van der Waals surface area contributed by atoms with Gasteiger partial charge in [0.05, 0.1) is 0 Å². The van der Waals surface area contributed by atoms with E-state index in [9.17, 15) is 4.39 Å². The second-order valence-corrected chi connectivity index (χ2v) is 10.5. The Morgan fingerprint density at radius 2 is 2.05 bits per heavy atom. The molecule has 0 aliphatic rings. The SMILES string of the molecule is C[Si](C)(C)OC(c1cccc(F)c1)c1c[c-]cs1.[Li+]. The zero-order chi connectivity index (χ0) is 13.2. The third kappa shape index (κ3) is 4.90. The maximum absolute atomic E-state index is 13.4. The maximum Gasteiger partial charge on any atom is 1.00 e. The first kappa shape index (κ1) is 16.7. The summed E-state index contributed by atoms with van der Waals surface area (Å²) in [4.78, 5) is 1.07. The molecule has 1 atom stereocenters. The number of halogens is 1. The molecular formula is C14H16FLiOSSi. The van der Waals surface area contributed by atoms with Crippen LogP contribution in [0.4, 0.5) is 4.39 Å². The normalized spacial score (nSPS) is 12.8. The fourth-order valence-corrected chi connectivity index (χ4v) is 3.47. The number of thiophene rings is 1. The molecule has 0 radical (unpaired) electrons. The van der Waals surface area contributed by atoms with E-state index in [2.05, 4.69) is 25.7 Å². The minimum absolute atomic E-state index is 0. The number of benzene rings is 1. The molecule has 1 aromatic heterocycles. The van der Waals surface area contributed by atoms with Gasteiger partial charge in [0.15, 0.2) is 8.32 Å². The molecule has 2 rings (SSSR count).